The standard InChI is InChI=1S/C16H21N5O2S/c1-23-13-8-4-3-7-12(13)21-15(20-9-5-2-6-10-20)18-19-16(21)24-11-14(17)22/h3-4,7-8H,2,5-6,9-11H2,1H3,(H2,17,22). The molecule has 2 aromatic rings. The Bertz CT molecular complexity index is 712. The average Bonchev–Trinajstić information content (AvgIpc) is 3.04. The van der Waals surface area contributed by atoms with Crippen LogP contribution < -0.4 is 15.4 Å². The lowest BCUT2D eigenvalue weighted by Gasteiger charge is -2.28. The number of methoxy groups -OCH3 is 1. The van der Waals surface area contributed by atoms with E-state index in [4.69, 9.17) is 10.5 Å². The Balaban J connectivity index is 2.04. The van der Waals surface area contributed by atoms with Gasteiger partial charge in [0.1, 0.15) is 5.75 Å². The highest BCUT2D eigenvalue weighted by Crippen LogP contribution is 2.32. The van der Waals surface area contributed by atoms with Crippen molar-refractivity contribution in [1.82, 2.24) is 14.8 Å². The number of piperidine rings is 1. The summed E-state index contributed by atoms with van der Waals surface area (Å²) >= 11 is 1.29. The maximum absolute atomic E-state index is 11.2. The molecule has 0 aliphatic carbocycles. The molecule has 1 saturated heterocycles. The number of aromatic nitrogens is 3. The fraction of sp³-hybridized carbons (Fsp3) is 0.438. The van der Waals surface area contributed by atoms with Crippen LogP contribution in [0.5, 0.6) is 5.75 Å². The lowest BCUT2D eigenvalue weighted by molar-refractivity contribution is -0.115. The predicted octanol–water partition coefficient (Wildman–Crippen LogP) is 1.84. The van der Waals surface area contributed by atoms with Gasteiger partial charge in [0.05, 0.1) is 18.6 Å². The van der Waals surface area contributed by atoms with Crippen LogP contribution in [0.1, 0.15) is 19.3 Å². The quantitative estimate of drug-likeness (QED) is 0.803. The first-order valence-corrected chi connectivity index (χ1v) is 8.94. The molecule has 0 radical (unpaired) electrons. The van der Waals surface area contributed by atoms with Gasteiger partial charge in [0.2, 0.25) is 11.9 Å². The van der Waals surface area contributed by atoms with E-state index in [0.717, 1.165) is 43.3 Å². The number of carbonyl (C=O) groups is 1. The molecule has 2 heterocycles. The number of anilines is 1. The van der Waals surface area contributed by atoms with Crippen LogP contribution in [-0.2, 0) is 4.79 Å². The second kappa shape index (κ2) is 7.57. The van der Waals surface area contributed by atoms with Gasteiger partial charge < -0.3 is 15.4 Å². The Hall–Kier alpha value is -2.22. The van der Waals surface area contributed by atoms with Gasteiger partial charge in [0.25, 0.3) is 0 Å². The van der Waals surface area contributed by atoms with Crippen molar-refractivity contribution >= 4 is 23.6 Å². The molecule has 1 amide bonds. The number of nitrogens with zero attached hydrogens (tertiary/aromatic N) is 4. The van der Waals surface area contributed by atoms with Crippen LogP contribution in [0, 0.1) is 0 Å². The monoisotopic (exact) mass is 347 g/mol. The van der Waals surface area contributed by atoms with Crippen LogP contribution in [0.4, 0.5) is 5.95 Å². The molecule has 0 unspecified atom stereocenters. The zero-order valence-corrected chi connectivity index (χ0v) is 14.5. The van der Waals surface area contributed by atoms with E-state index in [1.165, 1.54) is 18.2 Å². The second-order valence-corrected chi connectivity index (χ2v) is 6.54. The maximum Gasteiger partial charge on any atom is 0.232 e. The van der Waals surface area contributed by atoms with Gasteiger partial charge in [-0.3, -0.25) is 9.36 Å². The molecule has 1 aromatic heterocycles. The Morgan fingerprint density at radius 1 is 1.25 bits per heavy atom. The summed E-state index contributed by atoms with van der Waals surface area (Å²) in [5.41, 5.74) is 6.14. The van der Waals surface area contributed by atoms with E-state index < -0.39 is 0 Å². The maximum atomic E-state index is 11.2. The molecule has 1 aliphatic rings. The summed E-state index contributed by atoms with van der Waals surface area (Å²) in [6, 6.07) is 7.73. The number of hydrogen-bond acceptors (Lipinski definition) is 6. The first-order chi connectivity index (χ1) is 11.7. The molecule has 24 heavy (non-hydrogen) atoms. The molecular weight excluding hydrogens is 326 g/mol. The first kappa shape index (κ1) is 16.6. The molecule has 0 bridgehead atoms. The molecule has 1 fully saturated rings. The number of para-hydroxylation sites is 2. The van der Waals surface area contributed by atoms with Crippen molar-refractivity contribution in [1.29, 1.82) is 0 Å². The third kappa shape index (κ3) is 3.48. The number of amides is 1. The highest BCUT2D eigenvalue weighted by atomic mass is 32.2. The van der Waals surface area contributed by atoms with E-state index in [0.29, 0.717) is 5.16 Å². The van der Waals surface area contributed by atoms with E-state index >= 15 is 0 Å². The van der Waals surface area contributed by atoms with Crippen molar-refractivity contribution in [2.75, 3.05) is 30.9 Å². The summed E-state index contributed by atoms with van der Waals surface area (Å²) < 4.78 is 7.45. The van der Waals surface area contributed by atoms with Gasteiger partial charge in [-0.2, -0.15) is 0 Å². The van der Waals surface area contributed by atoms with Crippen molar-refractivity contribution in [3.8, 4) is 11.4 Å². The largest absolute Gasteiger partial charge is 0.495 e. The minimum Gasteiger partial charge on any atom is -0.495 e. The smallest absolute Gasteiger partial charge is 0.232 e. The molecular formula is C16H21N5O2S. The third-order valence-electron chi connectivity index (χ3n) is 3.92. The molecule has 1 aromatic carbocycles. The molecule has 3 rings (SSSR count). The van der Waals surface area contributed by atoms with Gasteiger partial charge in [0.15, 0.2) is 5.16 Å². The number of rotatable bonds is 6. The number of primary amides is 1. The van der Waals surface area contributed by atoms with Crippen LogP contribution in [0.15, 0.2) is 29.4 Å². The Labute approximate surface area is 145 Å². The van der Waals surface area contributed by atoms with Gasteiger partial charge >= 0.3 is 0 Å². The molecule has 8 heteroatoms. The number of ether oxygens (including phenoxy) is 1. The number of carbonyl (C=O) groups excluding carboxylic acids is 1. The number of thioether (sulfide) groups is 1. The van der Waals surface area contributed by atoms with Crippen LogP contribution in [0.25, 0.3) is 5.69 Å². The fourth-order valence-electron chi connectivity index (χ4n) is 2.82. The SMILES string of the molecule is COc1ccccc1-n1c(SCC(N)=O)nnc1N1CCCCC1. The van der Waals surface area contributed by atoms with Crippen LogP contribution in [0.2, 0.25) is 0 Å². The summed E-state index contributed by atoms with van der Waals surface area (Å²) in [5, 5.41) is 9.30. The van der Waals surface area contributed by atoms with Crippen molar-refractivity contribution < 1.29 is 9.53 Å². The van der Waals surface area contributed by atoms with Gasteiger partial charge in [0, 0.05) is 13.1 Å². The number of benzene rings is 1. The lowest BCUT2D eigenvalue weighted by Crippen LogP contribution is -2.31. The molecule has 1 aliphatic heterocycles. The molecule has 0 spiro atoms. The van der Waals surface area contributed by atoms with Gasteiger partial charge in [-0.1, -0.05) is 23.9 Å². The zero-order valence-electron chi connectivity index (χ0n) is 13.6. The topological polar surface area (TPSA) is 86.3 Å². The summed E-state index contributed by atoms with van der Waals surface area (Å²) in [4.78, 5) is 13.4. The van der Waals surface area contributed by atoms with E-state index in [1.807, 2.05) is 28.8 Å². The van der Waals surface area contributed by atoms with Crippen molar-refractivity contribution in [2.45, 2.75) is 24.4 Å². The predicted molar refractivity (Wildman–Crippen MR) is 93.9 cm³/mol. The number of nitrogens with two attached hydrogens (primary N) is 1. The highest BCUT2D eigenvalue weighted by molar-refractivity contribution is 7.99. The zero-order chi connectivity index (χ0) is 16.9. The first-order valence-electron chi connectivity index (χ1n) is 7.95. The van der Waals surface area contributed by atoms with Gasteiger partial charge in [-0.25, -0.2) is 0 Å². The molecule has 7 nitrogen and oxygen atoms in total. The second-order valence-electron chi connectivity index (χ2n) is 5.59. The van der Waals surface area contributed by atoms with Gasteiger partial charge in [-0.15, -0.1) is 10.2 Å². The van der Waals surface area contributed by atoms with Crippen LogP contribution in [-0.4, -0.2) is 46.6 Å². The van der Waals surface area contributed by atoms with Crippen molar-refractivity contribution in [3.63, 3.8) is 0 Å². The van der Waals surface area contributed by atoms with Crippen molar-refractivity contribution in [3.05, 3.63) is 24.3 Å². The van der Waals surface area contributed by atoms with Crippen LogP contribution >= 0.6 is 11.8 Å². The molecule has 0 saturated carbocycles. The lowest BCUT2D eigenvalue weighted by atomic mass is 10.1. The molecule has 0 atom stereocenters. The summed E-state index contributed by atoms with van der Waals surface area (Å²) in [7, 11) is 1.64. The Morgan fingerprint density at radius 3 is 2.71 bits per heavy atom. The molecule has 2 N–H and O–H groups in total. The van der Waals surface area contributed by atoms with Crippen LogP contribution in [0.3, 0.4) is 0 Å². The Morgan fingerprint density at radius 2 is 2.00 bits per heavy atom. The highest BCUT2D eigenvalue weighted by Gasteiger charge is 2.23. The summed E-state index contributed by atoms with van der Waals surface area (Å²) in [6.45, 7) is 1.90. The summed E-state index contributed by atoms with van der Waals surface area (Å²) in [6.07, 6.45) is 3.52. The normalized spacial score (nSPS) is 14.6. The third-order valence-corrected chi connectivity index (χ3v) is 4.88. The fourth-order valence-corrected chi connectivity index (χ4v) is 3.49. The van der Waals surface area contributed by atoms with E-state index in [2.05, 4.69) is 15.1 Å². The van der Waals surface area contributed by atoms with Crippen molar-refractivity contribution in [2.24, 2.45) is 5.73 Å². The average molecular weight is 347 g/mol. The van der Waals surface area contributed by atoms with E-state index in [9.17, 15) is 4.79 Å². The van der Waals surface area contributed by atoms with E-state index in [-0.39, 0.29) is 11.7 Å². The van der Waals surface area contributed by atoms with E-state index in [1.54, 1.807) is 7.11 Å². The Kier molecular flexibility index (Phi) is 5.24. The molecule has 128 valence electrons. The minimum atomic E-state index is -0.380. The minimum absolute atomic E-state index is 0.160. The summed E-state index contributed by atoms with van der Waals surface area (Å²) in [5.74, 6) is 1.30. The number of hydrogen-bond donors (Lipinski definition) is 1. The van der Waals surface area contributed by atoms with Gasteiger partial charge in [-0.05, 0) is 31.4 Å².